The van der Waals surface area contributed by atoms with E-state index in [1.165, 1.54) is 6.42 Å². The average Bonchev–Trinajstić information content (AvgIpc) is 2.79. The lowest BCUT2D eigenvalue weighted by Gasteiger charge is -2.32. The van der Waals surface area contributed by atoms with Crippen molar-refractivity contribution in [1.29, 1.82) is 0 Å². The third-order valence-electron chi connectivity index (χ3n) is 3.02. The van der Waals surface area contributed by atoms with Gasteiger partial charge in [0, 0.05) is 18.7 Å². The van der Waals surface area contributed by atoms with Crippen molar-refractivity contribution in [2.75, 3.05) is 6.54 Å². The zero-order valence-corrected chi connectivity index (χ0v) is 9.56. The smallest absolute Gasteiger partial charge is 0.246 e. The molecule has 16 heavy (non-hydrogen) atoms. The number of likely N-dealkylation sites (tertiary alicyclic amines) is 1. The predicted molar refractivity (Wildman–Crippen MR) is 62.8 cm³/mol. The molecule has 1 fully saturated rings. The number of carbonyl (C=O) groups excluding carboxylic acids is 1. The average molecular weight is 219 g/mol. The number of amides is 1. The second-order valence-electron chi connectivity index (χ2n) is 4.23. The lowest BCUT2D eigenvalue weighted by atomic mass is 10.0. The molecule has 0 N–H and O–H groups in total. The summed E-state index contributed by atoms with van der Waals surface area (Å²) >= 11 is 0. The first-order valence-corrected chi connectivity index (χ1v) is 5.79. The normalized spacial score (nSPS) is 21.6. The fourth-order valence-corrected chi connectivity index (χ4v) is 2.06. The van der Waals surface area contributed by atoms with Crippen LogP contribution in [0.5, 0.6) is 0 Å². The van der Waals surface area contributed by atoms with Crippen LogP contribution in [0.1, 0.15) is 31.9 Å². The molecule has 1 aliphatic rings. The van der Waals surface area contributed by atoms with Crippen molar-refractivity contribution in [3.05, 3.63) is 30.2 Å². The summed E-state index contributed by atoms with van der Waals surface area (Å²) in [5.41, 5.74) is 0. The van der Waals surface area contributed by atoms with Crippen molar-refractivity contribution >= 4 is 12.0 Å². The summed E-state index contributed by atoms with van der Waals surface area (Å²) in [6, 6.07) is 4.01. The van der Waals surface area contributed by atoms with E-state index in [-0.39, 0.29) is 5.91 Å². The van der Waals surface area contributed by atoms with Gasteiger partial charge in [-0.2, -0.15) is 0 Å². The van der Waals surface area contributed by atoms with E-state index < -0.39 is 0 Å². The predicted octanol–water partition coefficient (Wildman–Crippen LogP) is 2.69. The van der Waals surface area contributed by atoms with Crippen LogP contribution in [0.25, 0.3) is 6.08 Å². The van der Waals surface area contributed by atoms with Gasteiger partial charge in [0.25, 0.3) is 0 Å². The maximum Gasteiger partial charge on any atom is 0.246 e. The summed E-state index contributed by atoms with van der Waals surface area (Å²) in [6.45, 7) is 2.99. The lowest BCUT2D eigenvalue weighted by molar-refractivity contribution is -0.129. The molecule has 3 heteroatoms. The minimum Gasteiger partial charge on any atom is -0.465 e. The molecule has 3 nitrogen and oxygen atoms in total. The molecule has 86 valence electrons. The molecule has 1 aliphatic heterocycles. The highest BCUT2D eigenvalue weighted by atomic mass is 16.3. The number of hydrogen-bond donors (Lipinski definition) is 0. The van der Waals surface area contributed by atoms with E-state index in [2.05, 4.69) is 6.92 Å². The van der Waals surface area contributed by atoms with Gasteiger partial charge in [-0.25, -0.2) is 0 Å². The van der Waals surface area contributed by atoms with Gasteiger partial charge >= 0.3 is 0 Å². The SMILES string of the molecule is CC1CCCCN1C(=O)C=Cc1ccco1. The van der Waals surface area contributed by atoms with Crippen molar-refractivity contribution in [2.24, 2.45) is 0 Å². The minimum absolute atomic E-state index is 0.0867. The Morgan fingerprint density at radius 3 is 3.12 bits per heavy atom. The van der Waals surface area contributed by atoms with Crippen LogP contribution in [0.4, 0.5) is 0 Å². The number of nitrogens with zero attached hydrogens (tertiary/aromatic N) is 1. The summed E-state index contributed by atoms with van der Waals surface area (Å²) in [7, 11) is 0. The maximum absolute atomic E-state index is 11.9. The Morgan fingerprint density at radius 1 is 1.56 bits per heavy atom. The van der Waals surface area contributed by atoms with Crippen molar-refractivity contribution in [1.82, 2.24) is 4.90 Å². The zero-order valence-electron chi connectivity index (χ0n) is 9.56. The Bertz CT molecular complexity index is 367. The Hall–Kier alpha value is -1.51. The number of piperidine rings is 1. The monoisotopic (exact) mass is 219 g/mol. The summed E-state index contributed by atoms with van der Waals surface area (Å²) in [5.74, 6) is 0.807. The Labute approximate surface area is 95.7 Å². The van der Waals surface area contributed by atoms with Gasteiger partial charge in [-0.1, -0.05) is 0 Å². The molecule has 0 aliphatic carbocycles. The van der Waals surface area contributed by atoms with Crippen molar-refractivity contribution in [2.45, 2.75) is 32.2 Å². The Kier molecular flexibility index (Phi) is 3.44. The van der Waals surface area contributed by atoms with Gasteiger partial charge in [0.15, 0.2) is 0 Å². The molecule has 0 saturated carbocycles. The summed E-state index contributed by atoms with van der Waals surface area (Å²) in [4.78, 5) is 13.8. The van der Waals surface area contributed by atoms with E-state index in [9.17, 15) is 4.79 Å². The van der Waals surface area contributed by atoms with Gasteiger partial charge in [-0.3, -0.25) is 4.79 Å². The van der Waals surface area contributed by atoms with E-state index in [0.717, 1.165) is 25.1 Å². The van der Waals surface area contributed by atoms with Gasteiger partial charge in [0.05, 0.1) is 6.26 Å². The van der Waals surface area contributed by atoms with Crippen LogP contribution in [0.3, 0.4) is 0 Å². The highest BCUT2D eigenvalue weighted by Gasteiger charge is 2.21. The van der Waals surface area contributed by atoms with Crippen LogP contribution in [0, 0.1) is 0 Å². The quantitative estimate of drug-likeness (QED) is 0.716. The fraction of sp³-hybridized carbons (Fsp3) is 0.462. The molecule has 1 saturated heterocycles. The molecule has 1 amide bonds. The minimum atomic E-state index is 0.0867. The molecular formula is C13H17NO2. The molecule has 2 heterocycles. The summed E-state index contributed by atoms with van der Waals surface area (Å²) in [6.07, 6.45) is 8.38. The number of rotatable bonds is 2. The van der Waals surface area contributed by atoms with Crippen LogP contribution in [0.2, 0.25) is 0 Å². The van der Waals surface area contributed by atoms with Crippen LogP contribution in [-0.4, -0.2) is 23.4 Å². The maximum atomic E-state index is 11.9. The van der Waals surface area contributed by atoms with Gasteiger partial charge in [0.2, 0.25) is 5.91 Å². The van der Waals surface area contributed by atoms with Gasteiger partial charge in [-0.15, -0.1) is 0 Å². The molecule has 1 aromatic rings. The number of furan rings is 1. The Balaban J connectivity index is 1.97. The van der Waals surface area contributed by atoms with Crippen LogP contribution < -0.4 is 0 Å². The molecule has 0 aromatic carbocycles. The van der Waals surface area contributed by atoms with Gasteiger partial charge in [0.1, 0.15) is 5.76 Å². The number of carbonyl (C=O) groups is 1. The van der Waals surface area contributed by atoms with Crippen molar-refractivity contribution in [3.63, 3.8) is 0 Å². The van der Waals surface area contributed by atoms with Gasteiger partial charge in [-0.05, 0) is 44.4 Å². The topological polar surface area (TPSA) is 33.5 Å². The summed E-state index contributed by atoms with van der Waals surface area (Å²) in [5, 5.41) is 0. The molecule has 1 unspecified atom stereocenters. The van der Waals surface area contributed by atoms with Crippen LogP contribution >= 0.6 is 0 Å². The molecule has 1 aromatic heterocycles. The first kappa shape index (κ1) is 11.0. The van der Waals surface area contributed by atoms with E-state index in [4.69, 9.17) is 4.42 Å². The van der Waals surface area contributed by atoms with Crippen molar-refractivity contribution in [3.8, 4) is 0 Å². The van der Waals surface area contributed by atoms with Crippen LogP contribution in [0.15, 0.2) is 28.9 Å². The molecule has 0 radical (unpaired) electrons. The summed E-state index contributed by atoms with van der Waals surface area (Å²) < 4.78 is 5.14. The van der Waals surface area contributed by atoms with E-state index in [0.29, 0.717) is 6.04 Å². The second kappa shape index (κ2) is 5.01. The first-order chi connectivity index (χ1) is 7.77. The fourth-order valence-electron chi connectivity index (χ4n) is 2.06. The second-order valence-corrected chi connectivity index (χ2v) is 4.23. The van der Waals surface area contributed by atoms with E-state index in [1.807, 2.05) is 17.0 Å². The number of hydrogen-bond acceptors (Lipinski definition) is 2. The third kappa shape index (κ3) is 2.54. The van der Waals surface area contributed by atoms with Crippen LogP contribution in [-0.2, 0) is 4.79 Å². The Morgan fingerprint density at radius 2 is 2.44 bits per heavy atom. The highest BCUT2D eigenvalue weighted by molar-refractivity contribution is 5.91. The standard InChI is InChI=1S/C13H17NO2/c1-11-5-2-3-9-14(11)13(15)8-7-12-6-4-10-16-12/h4,6-8,10-11H,2-3,5,9H2,1H3. The zero-order chi connectivity index (χ0) is 11.4. The first-order valence-electron chi connectivity index (χ1n) is 5.79. The largest absolute Gasteiger partial charge is 0.465 e. The molecular weight excluding hydrogens is 202 g/mol. The molecule has 0 spiro atoms. The highest BCUT2D eigenvalue weighted by Crippen LogP contribution is 2.17. The molecule has 2 rings (SSSR count). The van der Waals surface area contributed by atoms with E-state index >= 15 is 0 Å². The third-order valence-corrected chi connectivity index (χ3v) is 3.02. The van der Waals surface area contributed by atoms with E-state index in [1.54, 1.807) is 18.4 Å². The lowest BCUT2D eigenvalue weighted by Crippen LogP contribution is -2.41. The molecule has 1 atom stereocenters. The molecule has 0 bridgehead atoms. The van der Waals surface area contributed by atoms with Crippen molar-refractivity contribution < 1.29 is 9.21 Å². The van der Waals surface area contributed by atoms with Gasteiger partial charge < -0.3 is 9.32 Å².